The summed E-state index contributed by atoms with van der Waals surface area (Å²) in [6, 6.07) is 12.4. The summed E-state index contributed by atoms with van der Waals surface area (Å²) in [6.07, 6.45) is 0. The summed E-state index contributed by atoms with van der Waals surface area (Å²) in [5.74, 6) is 0. The zero-order chi connectivity index (χ0) is 20.0. The number of benzene rings is 2. The van der Waals surface area contributed by atoms with Crippen LogP contribution >= 0.6 is 11.6 Å². The van der Waals surface area contributed by atoms with Crippen molar-refractivity contribution in [3.8, 4) is 5.69 Å². The van der Waals surface area contributed by atoms with Crippen molar-refractivity contribution in [2.75, 3.05) is 0 Å². The number of hydrogen-bond donors (Lipinski definition) is 0. The molecule has 27 heavy (non-hydrogen) atoms. The first kappa shape index (κ1) is 19.6. The summed E-state index contributed by atoms with van der Waals surface area (Å²) in [7, 11) is -3.76. The van der Waals surface area contributed by atoms with Crippen molar-refractivity contribution < 1.29 is 8.42 Å². The van der Waals surface area contributed by atoms with E-state index in [0.717, 1.165) is 11.1 Å². The Kier molecular flexibility index (Phi) is 4.91. The molecular weight excluding hydrogens is 382 g/mol. The Morgan fingerprint density at radius 2 is 1.63 bits per heavy atom. The molecule has 1 aromatic heterocycles. The van der Waals surface area contributed by atoms with E-state index >= 15 is 0 Å². The molecule has 0 aliphatic rings. The molecule has 0 unspecified atom stereocenters. The molecule has 0 atom stereocenters. The SMILES string of the molecule is Cc1ccc(-n2nnc(S(=O)(=O)c3ccc(C(C)(C)C)cc3)c2C)cc1Cl. The van der Waals surface area contributed by atoms with Gasteiger partial charge >= 0.3 is 0 Å². The molecule has 7 heteroatoms. The van der Waals surface area contributed by atoms with Gasteiger partial charge in [0.25, 0.3) is 0 Å². The van der Waals surface area contributed by atoms with Crippen LogP contribution in [-0.2, 0) is 15.3 Å². The first-order chi connectivity index (χ1) is 12.5. The molecule has 0 saturated carbocycles. The lowest BCUT2D eigenvalue weighted by molar-refractivity contribution is 0.584. The van der Waals surface area contributed by atoms with Crippen molar-refractivity contribution in [1.29, 1.82) is 0 Å². The van der Waals surface area contributed by atoms with Gasteiger partial charge in [0.2, 0.25) is 14.9 Å². The molecular formula is C20H22ClN3O2S. The quantitative estimate of drug-likeness (QED) is 0.637. The number of sulfone groups is 1. The standard InChI is InChI=1S/C20H22ClN3O2S/c1-13-6-9-16(12-18(13)21)24-14(2)19(22-23-24)27(25,26)17-10-7-15(8-11-17)20(3,4)5/h6-12H,1-5H3. The highest BCUT2D eigenvalue weighted by atomic mass is 35.5. The third-order valence-corrected chi connectivity index (χ3v) is 6.72. The van der Waals surface area contributed by atoms with Crippen LogP contribution in [0.5, 0.6) is 0 Å². The molecule has 0 aliphatic heterocycles. The van der Waals surface area contributed by atoms with Crippen LogP contribution in [0.25, 0.3) is 5.69 Å². The van der Waals surface area contributed by atoms with Crippen molar-refractivity contribution in [3.63, 3.8) is 0 Å². The minimum atomic E-state index is -3.76. The van der Waals surface area contributed by atoms with Crippen molar-refractivity contribution in [1.82, 2.24) is 15.0 Å². The molecule has 3 aromatic rings. The topological polar surface area (TPSA) is 64.8 Å². The van der Waals surface area contributed by atoms with Gasteiger partial charge in [0.15, 0.2) is 0 Å². The van der Waals surface area contributed by atoms with Crippen molar-refractivity contribution >= 4 is 21.4 Å². The normalized spacial score (nSPS) is 12.4. The Morgan fingerprint density at radius 3 is 2.19 bits per heavy atom. The highest BCUT2D eigenvalue weighted by molar-refractivity contribution is 7.91. The molecule has 0 radical (unpaired) electrons. The number of aryl methyl sites for hydroxylation is 1. The van der Waals surface area contributed by atoms with Crippen LogP contribution in [0.2, 0.25) is 5.02 Å². The maximum atomic E-state index is 13.0. The second kappa shape index (κ2) is 6.77. The summed E-state index contributed by atoms with van der Waals surface area (Å²) in [4.78, 5) is 0.201. The molecule has 3 rings (SSSR count). The maximum Gasteiger partial charge on any atom is 0.227 e. The van der Waals surface area contributed by atoms with E-state index in [2.05, 4.69) is 31.1 Å². The molecule has 5 nitrogen and oxygen atoms in total. The molecule has 2 aromatic carbocycles. The van der Waals surface area contributed by atoms with Crippen LogP contribution in [0.1, 0.15) is 37.6 Å². The molecule has 0 fully saturated rings. The van der Waals surface area contributed by atoms with E-state index in [0.29, 0.717) is 16.4 Å². The minimum Gasteiger partial charge on any atom is -0.217 e. The van der Waals surface area contributed by atoms with E-state index in [1.54, 1.807) is 25.1 Å². The van der Waals surface area contributed by atoms with E-state index in [4.69, 9.17) is 11.6 Å². The Morgan fingerprint density at radius 1 is 1.00 bits per heavy atom. The second-order valence-corrected chi connectivity index (χ2v) is 9.88. The molecule has 142 valence electrons. The van der Waals surface area contributed by atoms with Gasteiger partial charge in [-0.25, -0.2) is 13.1 Å². The van der Waals surface area contributed by atoms with Crippen LogP contribution in [0.15, 0.2) is 52.4 Å². The fourth-order valence-electron chi connectivity index (χ4n) is 2.77. The Bertz CT molecular complexity index is 1100. The number of halogens is 1. The van der Waals surface area contributed by atoms with Gasteiger partial charge in [-0.3, -0.25) is 0 Å². The highest BCUT2D eigenvalue weighted by Gasteiger charge is 2.26. The molecule has 0 N–H and O–H groups in total. The average Bonchev–Trinajstić information content (AvgIpc) is 2.99. The first-order valence-corrected chi connectivity index (χ1v) is 10.4. The third-order valence-electron chi connectivity index (χ3n) is 4.54. The lowest BCUT2D eigenvalue weighted by atomic mass is 9.87. The summed E-state index contributed by atoms with van der Waals surface area (Å²) in [5, 5.41) is 8.51. The van der Waals surface area contributed by atoms with Crippen LogP contribution in [-0.4, -0.2) is 23.4 Å². The van der Waals surface area contributed by atoms with Crippen LogP contribution in [0.4, 0.5) is 0 Å². The Balaban J connectivity index is 2.03. The minimum absolute atomic E-state index is 0.0496. The number of rotatable bonds is 3. The lowest BCUT2D eigenvalue weighted by Gasteiger charge is -2.19. The smallest absolute Gasteiger partial charge is 0.217 e. The van der Waals surface area contributed by atoms with Gasteiger partial charge in [-0.1, -0.05) is 55.8 Å². The monoisotopic (exact) mass is 403 g/mol. The van der Waals surface area contributed by atoms with Crippen molar-refractivity contribution in [2.45, 2.75) is 50.0 Å². The first-order valence-electron chi connectivity index (χ1n) is 8.56. The summed E-state index contributed by atoms with van der Waals surface area (Å²) in [6.45, 7) is 9.83. The molecule has 0 spiro atoms. The average molecular weight is 404 g/mol. The van der Waals surface area contributed by atoms with Crippen molar-refractivity contribution in [2.24, 2.45) is 0 Å². The van der Waals surface area contributed by atoms with E-state index in [1.165, 1.54) is 4.68 Å². The predicted octanol–water partition coefficient (Wildman–Crippen LogP) is 4.67. The van der Waals surface area contributed by atoms with Crippen molar-refractivity contribution in [3.05, 3.63) is 64.3 Å². The van der Waals surface area contributed by atoms with Gasteiger partial charge in [-0.15, -0.1) is 5.10 Å². The summed E-state index contributed by atoms with van der Waals surface area (Å²) >= 11 is 6.18. The van der Waals surface area contributed by atoms with Gasteiger partial charge in [0.05, 0.1) is 16.3 Å². The fraction of sp³-hybridized carbons (Fsp3) is 0.300. The number of nitrogens with zero attached hydrogens (tertiary/aromatic N) is 3. The van der Waals surface area contributed by atoms with E-state index in [1.807, 2.05) is 31.2 Å². The van der Waals surface area contributed by atoms with E-state index < -0.39 is 9.84 Å². The fourth-order valence-corrected chi connectivity index (χ4v) is 4.28. The Labute approximate surface area is 164 Å². The van der Waals surface area contributed by atoms with Gasteiger partial charge < -0.3 is 0 Å². The van der Waals surface area contributed by atoms with E-state index in [-0.39, 0.29) is 15.3 Å². The summed E-state index contributed by atoms with van der Waals surface area (Å²) < 4.78 is 27.6. The molecule has 0 amide bonds. The zero-order valence-corrected chi connectivity index (χ0v) is 17.6. The summed E-state index contributed by atoms with van der Waals surface area (Å²) in [5.41, 5.74) is 3.06. The molecule has 0 aliphatic carbocycles. The third kappa shape index (κ3) is 3.64. The number of aromatic nitrogens is 3. The maximum absolute atomic E-state index is 13.0. The highest BCUT2D eigenvalue weighted by Crippen LogP contribution is 2.28. The van der Waals surface area contributed by atoms with E-state index in [9.17, 15) is 8.42 Å². The van der Waals surface area contributed by atoms with Gasteiger partial charge in [-0.2, -0.15) is 0 Å². The molecule has 0 saturated heterocycles. The van der Waals surface area contributed by atoms with Crippen LogP contribution in [0, 0.1) is 13.8 Å². The molecule has 1 heterocycles. The van der Waals surface area contributed by atoms with Gasteiger partial charge in [0, 0.05) is 5.02 Å². The lowest BCUT2D eigenvalue weighted by Crippen LogP contribution is -2.11. The second-order valence-electron chi connectivity index (χ2n) is 7.60. The number of hydrogen-bond acceptors (Lipinski definition) is 4. The molecule has 0 bridgehead atoms. The van der Waals surface area contributed by atoms with Gasteiger partial charge in [0.1, 0.15) is 0 Å². The largest absolute Gasteiger partial charge is 0.227 e. The predicted molar refractivity (Wildman–Crippen MR) is 106 cm³/mol. The van der Waals surface area contributed by atoms with Crippen LogP contribution in [0.3, 0.4) is 0 Å². The van der Waals surface area contributed by atoms with Crippen LogP contribution < -0.4 is 0 Å². The Hall–Kier alpha value is -2.18. The zero-order valence-electron chi connectivity index (χ0n) is 16.0. The van der Waals surface area contributed by atoms with Gasteiger partial charge in [-0.05, 0) is 54.7 Å².